The second kappa shape index (κ2) is 5.30. The van der Waals surface area contributed by atoms with Crippen LogP contribution >= 0.6 is 0 Å². The summed E-state index contributed by atoms with van der Waals surface area (Å²) in [5, 5.41) is 0. The van der Waals surface area contributed by atoms with Gasteiger partial charge in [0.2, 0.25) is 0 Å². The summed E-state index contributed by atoms with van der Waals surface area (Å²) in [6.45, 7) is 6.46. The molecule has 0 saturated carbocycles. The number of ether oxygens (including phenoxy) is 1. The van der Waals surface area contributed by atoms with E-state index in [0.717, 1.165) is 36.6 Å². The van der Waals surface area contributed by atoms with Crippen LogP contribution < -0.4 is 15.4 Å². The fourth-order valence-electron chi connectivity index (χ4n) is 2.22. The van der Waals surface area contributed by atoms with E-state index in [-0.39, 0.29) is 0 Å². The second-order valence-corrected chi connectivity index (χ2v) is 4.67. The van der Waals surface area contributed by atoms with E-state index in [9.17, 15) is 0 Å². The number of benzene rings is 1. The Bertz CT molecular complexity index is 378. The van der Waals surface area contributed by atoms with Crippen molar-refractivity contribution in [1.82, 2.24) is 0 Å². The molecule has 0 saturated heterocycles. The summed E-state index contributed by atoms with van der Waals surface area (Å²) in [6, 6.07) is 5.93. The molecule has 1 heterocycles. The Morgan fingerprint density at radius 1 is 1.41 bits per heavy atom. The highest BCUT2D eigenvalue weighted by atomic mass is 16.5. The van der Waals surface area contributed by atoms with Gasteiger partial charge in [-0.15, -0.1) is 0 Å². The topological polar surface area (TPSA) is 38.5 Å². The van der Waals surface area contributed by atoms with Crippen molar-refractivity contribution in [2.75, 3.05) is 23.7 Å². The molecule has 1 atom stereocenters. The zero-order chi connectivity index (χ0) is 12.3. The van der Waals surface area contributed by atoms with Crippen LogP contribution in [0.25, 0.3) is 0 Å². The highest BCUT2D eigenvalue weighted by Gasteiger charge is 2.24. The molecule has 17 heavy (non-hydrogen) atoms. The van der Waals surface area contributed by atoms with Gasteiger partial charge in [0, 0.05) is 12.2 Å². The minimum atomic E-state index is 0.308. The minimum absolute atomic E-state index is 0.308. The largest absolute Gasteiger partial charge is 0.486 e. The first-order valence-electron chi connectivity index (χ1n) is 6.55. The molecule has 0 bridgehead atoms. The maximum atomic E-state index is 5.95. The number of nitrogens with zero attached hydrogens (tertiary/aromatic N) is 1. The third kappa shape index (κ3) is 2.65. The van der Waals surface area contributed by atoms with Gasteiger partial charge in [0.15, 0.2) is 0 Å². The van der Waals surface area contributed by atoms with E-state index < -0.39 is 0 Å². The van der Waals surface area contributed by atoms with Crippen LogP contribution in [0.1, 0.15) is 33.1 Å². The number of rotatable bonds is 4. The van der Waals surface area contributed by atoms with E-state index in [0.29, 0.717) is 6.10 Å². The first kappa shape index (κ1) is 12.1. The van der Waals surface area contributed by atoms with Crippen molar-refractivity contribution in [3.05, 3.63) is 18.2 Å². The van der Waals surface area contributed by atoms with E-state index in [1.807, 2.05) is 18.2 Å². The maximum absolute atomic E-state index is 5.95. The average Bonchev–Trinajstić information content (AvgIpc) is 2.35. The van der Waals surface area contributed by atoms with Crippen molar-refractivity contribution in [3.8, 4) is 5.75 Å². The quantitative estimate of drug-likeness (QED) is 0.814. The molecule has 0 fully saturated rings. The summed E-state index contributed by atoms with van der Waals surface area (Å²) >= 11 is 0. The number of anilines is 2. The highest BCUT2D eigenvalue weighted by Crippen LogP contribution is 2.35. The monoisotopic (exact) mass is 234 g/mol. The van der Waals surface area contributed by atoms with Crippen LogP contribution in [0, 0.1) is 0 Å². The third-order valence-corrected chi connectivity index (χ3v) is 3.28. The summed E-state index contributed by atoms with van der Waals surface area (Å²) in [7, 11) is 0. The number of nitrogen functional groups attached to an aromatic ring is 1. The van der Waals surface area contributed by atoms with Crippen molar-refractivity contribution in [1.29, 1.82) is 0 Å². The van der Waals surface area contributed by atoms with E-state index in [4.69, 9.17) is 10.5 Å². The molecule has 0 aromatic heterocycles. The smallest absolute Gasteiger partial charge is 0.143 e. The predicted molar refractivity (Wildman–Crippen MR) is 72.7 cm³/mol. The number of fused-ring (bicyclic) bond motifs is 1. The van der Waals surface area contributed by atoms with Gasteiger partial charge in [0.1, 0.15) is 11.9 Å². The Balaban J connectivity index is 2.24. The van der Waals surface area contributed by atoms with Crippen molar-refractivity contribution in [3.63, 3.8) is 0 Å². The van der Waals surface area contributed by atoms with Crippen molar-refractivity contribution in [2.45, 2.75) is 39.2 Å². The van der Waals surface area contributed by atoms with Crippen LogP contribution in [-0.4, -0.2) is 19.2 Å². The fraction of sp³-hybridized carbons (Fsp3) is 0.571. The van der Waals surface area contributed by atoms with Crippen LogP contribution in [0.3, 0.4) is 0 Å². The summed E-state index contributed by atoms with van der Waals surface area (Å²) < 4.78 is 5.95. The Morgan fingerprint density at radius 3 is 2.94 bits per heavy atom. The van der Waals surface area contributed by atoms with Gasteiger partial charge in [0.25, 0.3) is 0 Å². The van der Waals surface area contributed by atoms with Gasteiger partial charge in [-0.3, -0.25) is 0 Å². The zero-order valence-electron chi connectivity index (χ0n) is 10.8. The third-order valence-electron chi connectivity index (χ3n) is 3.28. The van der Waals surface area contributed by atoms with Gasteiger partial charge in [-0.1, -0.05) is 20.3 Å². The molecule has 1 aliphatic rings. The molecule has 1 unspecified atom stereocenters. The van der Waals surface area contributed by atoms with E-state index in [1.165, 1.54) is 12.8 Å². The maximum Gasteiger partial charge on any atom is 0.143 e. The zero-order valence-corrected chi connectivity index (χ0v) is 10.8. The van der Waals surface area contributed by atoms with Crippen LogP contribution in [0.5, 0.6) is 5.75 Å². The standard InChI is InChI=1S/C14H22N2O/c1-3-5-8-16-10-12(4-2)17-14-7-6-11(15)9-13(14)16/h6-7,9,12H,3-5,8,10,15H2,1-2H3. The molecule has 0 radical (unpaired) electrons. The lowest BCUT2D eigenvalue weighted by Crippen LogP contribution is -2.40. The van der Waals surface area contributed by atoms with Gasteiger partial charge < -0.3 is 15.4 Å². The van der Waals surface area contributed by atoms with E-state index >= 15 is 0 Å². The van der Waals surface area contributed by atoms with Gasteiger partial charge in [0.05, 0.1) is 12.2 Å². The molecule has 3 nitrogen and oxygen atoms in total. The lowest BCUT2D eigenvalue weighted by Gasteiger charge is -2.36. The lowest BCUT2D eigenvalue weighted by atomic mass is 10.1. The van der Waals surface area contributed by atoms with E-state index in [1.54, 1.807) is 0 Å². The summed E-state index contributed by atoms with van der Waals surface area (Å²) in [5.41, 5.74) is 7.82. The number of unbranched alkanes of at least 4 members (excludes halogenated alkanes) is 1. The normalized spacial score (nSPS) is 18.7. The Labute approximate surface area is 104 Å². The second-order valence-electron chi connectivity index (χ2n) is 4.67. The molecule has 0 spiro atoms. The molecule has 0 aliphatic carbocycles. The number of nitrogens with two attached hydrogens (primary N) is 1. The van der Waals surface area contributed by atoms with Gasteiger partial charge >= 0.3 is 0 Å². The summed E-state index contributed by atoms with van der Waals surface area (Å²) in [4.78, 5) is 2.41. The van der Waals surface area contributed by atoms with Crippen LogP contribution in [0.2, 0.25) is 0 Å². The first-order chi connectivity index (χ1) is 8.24. The van der Waals surface area contributed by atoms with Crippen LogP contribution in [-0.2, 0) is 0 Å². The van der Waals surface area contributed by atoms with Gasteiger partial charge in [-0.05, 0) is 31.0 Å². The molecule has 1 aromatic carbocycles. The van der Waals surface area contributed by atoms with E-state index in [2.05, 4.69) is 18.7 Å². The molecule has 1 aliphatic heterocycles. The Morgan fingerprint density at radius 2 is 2.24 bits per heavy atom. The molecule has 1 aromatic rings. The summed E-state index contributed by atoms with van der Waals surface area (Å²) in [5.74, 6) is 0.980. The van der Waals surface area contributed by atoms with Crippen LogP contribution in [0.15, 0.2) is 18.2 Å². The highest BCUT2D eigenvalue weighted by molar-refractivity contribution is 5.66. The van der Waals surface area contributed by atoms with Crippen molar-refractivity contribution in [2.24, 2.45) is 0 Å². The van der Waals surface area contributed by atoms with Gasteiger partial charge in [-0.25, -0.2) is 0 Å². The molecular formula is C14H22N2O. The van der Waals surface area contributed by atoms with Crippen molar-refractivity contribution >= 4 is 11.4 Å². The Kier molecular flexibility index (Phi) is 3.77. The SMILES string of the molecule is CCCCN1CC(CC)Oc2ccc(N)cc21. The van der Waals surface area contributed by atoms with Crippen LogP contribution in [0.4, 0.5) is 11.4 Å². The number of hydrogen-bond donors (Lipinski definition) is 1. The molecule has 94 valence electrons. The average molecular weight is 234 g/mol. The van der Waals surface area contributed by atoms with Crippen molar-refractivity contribution < 1.29 is 4.74 Å². The fourth-order valence-corrected chi connectivity index (χ4v) is 2.22. The molecule has 2 N–H and O–H groups in total. The van der Waals surface area contributed by atoms with Gasteiger partial charge in [-0.2, -0.15) is 0 Å². The molecule has 0 amide bonds. The Hall–Kier alpha value is -1.38. The molecule has 3 heteroatoms. The number of hydrogen-bond acceptors (Lipinski definition) is 3. The molecular weight excluding hydrogens is 212 g/mol. The lowest BCUT2D eigenvalue weighted by molar-refractivity contribution is 0.189. The predicted octanol–water partition coefficient (Wildman–Crippen LogP) is 3.05. The first-order valence-corrected chi connectivity index (χ1v) is 6.55. The minimum Gasteiger partial charge on any atom is -0.486 e. The molecule has 2 rings (SSSR count). The summed E-state index contributed by atoms with van der Waals surface area (Å²) in [6.07, 6.45) is 3.78.